The second kappa shape index (κ2) is 9.42. The molecular weight excluding hydrogens is 442 g/mol. The highest BCUT2D eigenvalue weighted by atomic mass is 16.5. The van der Waals surface area contributed by atoms with E-state index < -0.39 is 0 Å². The molecule has 9 heteroatoms. The second-order valence-electron chi connectivity index (χ2n) is 9.19. The van der Waals surface area contributed by atoms with E-state index in [9.17, 15) is 4.79 Å². The Morgan fingerprint density at radius 3 is 2.40 bits per heavy atom. The lowest BCUT2D eigenvalue weighted by Crippen LogP contribution is -2.44. The van der Waals surface area contributed by atoms with Gasteiger partial charge in [-0.1, -0.05) is 0 Å². The van der Waals surface area contributed by atoms with Crippen LogP contribution in [0.5, 0.6) is 5.75 Å². The molecule has 3 heterocycles. The van der Waals surface area contributed by atoms with Crippen LogP contribution in [0.25, 0.3) is 0 Å². The SMILES string of the molecule is Cc1cc(Nc2ncc(C)c(Nc3ccc4c(c3)N(C)C(=O)CO4)n2)ccc1N1CCN(C)CC1. The number of ether oxygens (including phenoxy) is 1. The molecule has 2 N–H and O–H groups in total. The van der Waals surface area contributed by atoms with Gasteiger partial charge in [0.2, 0.25) is 5.95 Å². The van der Waals surface area contributed by atoms with Gasteiger partial charge >= 0.3 is 0 Å². The quantitative estimate of drug-likeness (QED) is 0.580. The van der Waals surface area contributed by atoms with E-state index in [1.165, 1.54) is 11.3 Å². The Balaban J connectivity index is 1.32. The van der Waals surface area contributed by atoms with Crippen LogP contribution < -0.4 is 25.2 Å². The first-order chi connectivity index (χ1) is 16.9. The molecule has 0 saturated carbocycles. The monoisotopic (exact) mass is 473 g/mol. The topological polar surface area (TPSA) is 85.9 Å². The van der Waals surface area contributed by atoms with Crippen LogP contribution in [0.3, 0.4) is 0 Å². The van der Waals surface area contributed by atoms with E-state index in [1.807, 2.05) is 25.1 Å². The molecule has 1 aromatic heterocycles. The molecule has 3 aromatic rings. The predicted octanol–water partition coefficient (Wildman–Crippen LogP) is 3.69. The van der Waals surface area contributed by atoms with Crippen molar-refractivity contribution >= 4 is 40.4 Å². The zero-order valence-corrected chi connectivity index (χ0v) is 20.6. The Hall–Kier alpha value is -3.85. The zero-order chi connectivity index (χ0) is 24.5. The van der Waals surface area contributed by atoms with Gasteiger partial charge < -0.3 is 30.1 Å². The highest BCUT2D eigenvalue weighted by Gasteiger charge is 2.22. The Kier molecular flexibility index (Phi) is 6.17. The van der Waals surface area contributed by atoms with Crippen LogP contribution in [-0.4, -0.2) is 67.7 Å². The summed E-state index contributed by atoms with van der Waals surface area (Å²) in [4.78, 5) is 27.6. The van der Waals surface area contributed by atoms with Crippen LogP contribution in [0.15, 0.2) is 42.6 Å². The largest absolute Gasteiger partial charge is 0.482 e. The molecule has 0 radical (unpaired) electrons. The van der Waals surface area contributed by atoms with E-state index in [4.69, 9.17) is 9.72 Å². The Morgan fingerprint density at radius 1 is 0.886 bits per heavy atom. The Labute approximate surface area is 205 Å². The second-order valence-corrected chi connectivity index (χ2v) is 9.19. The van der Waals surface area contributed by atoms with Crippen LogP contribution in [-0.2, 0) is 4.79 Å². The fourth-order valence-corrected chi connectivity index (χ4v) is 4.38. The Morgan fingerprint density at radius 2 is 1.63 bits per heavy atom. The van der Waals surface area contributed by atoms with Crippen LogP contribution in [0.4, 0.5) is 34.5 Å². The maximum atomic E-state index is 12.0. The molecule has 182 valence electrons. The van der Waals surface area contributed by atoms with Crippen molar-refractivity contribution in [3.05, 3.63) is 53.7 Å². The number of likely N-dealkylation sites (N-methyl/N-ethyl adjacent to an activating group) is 2. The fraction of sp³-hybridized carbons (Fsp3) is 0.346. The van der Waals surface area contributed by atoms with Gasteiger partial charge in [0.15, 0.2) is 6.61 Å². The maximum absolute atomic E-state index is 12.0. The van der Waals surface area contributed by atoms with E-state index in [0.29, 0.717) is 17.5 Å². The van der Waals surface area contributed by atoms with Crippen molar-refractivity contribution < 1.29 is 9.53 Å². The summed E-state index contributed by atoms with van der Waals surface area (Å²) in [7, 11) is 3.92. The van der Waals surface area contributed by atoms with E-state index >= 15 is 0 Å². The van der Waals surface area contributed by atoms with E-state index in [-0.39, 0.29) is 12.5 Å². The number of hydrogen-bond donors (Lipinski definition) is 2. The van der Waals surface area contributed by atoms with Gasteiger partial charge in [0.05, 0.1) is 5.69 Å². The number of aromatic nitrogens is 2. The number of nitrogens with zero attached hydrogens (tertiary/aromatic N) is 5. The van der Waals surface area contributed by atoms with Crippen molar-refractivity contribution in [2.45, 2.75) is 13.8 Å². The number of anilines is 6. The van der Waals surface area contributed by atoms with E-state index in [2.05, 4.69) is 57.6 Å². The standard InChI is InChI=1S/C26H31N7O2/c1-17-13-19(5-7-21(17)33-11-9-31(3)10-12-33)29-26-27-15-18(2)25(30-26)28-20-6-8-23-22(14-20)32(4)24(34)16-35-23/h5-8,13-15H,9-12,16H2,1-4H3,(H2,27,28,29,30). The van der Waals surface area contributed by atoms with Gasteiger partial charge in [-0.15, -0.1) is 0 Å². The summed E-state index contributed by atoms with van der Waals surface area (Å²) in [6, 6.07) is 12.1. The number of aryl methyl sites for hydroxylation is 2. The van der Waals surface area contributed by atoms with Gasteiger partial charge in [0, 0.05) is 62.0 Å². The summed E-state index contributed by atoms with van der Waals surface area (Å²) >= 11 is 0. The summed E-state index contributed by atoms with van der Waals surface area (Å²) in [5, 5.41) is 6.69. The number of fused-ring (bicyclic) bond motifs is 1. The molecule has 0 aliphatic carbocycles. The summed E-state index contributed by atoms with van der Waals surface area (Å²) in [5.41, 5.74) is 5.90. The van der Waals surface area contributed by atoms with Crippen molar-refractivity contribution in [3.63, 3.8) is 0 Å². The molecule has 35 heavy (non-hydrogen) atoms. The number of nitrogens with one attached hydrogen (secondary N) is 2. The molecule has 5 rings (SSSR count). The van der Waals surface area contributed by atoms with Crippen molar-refractivity contribution in [1.29, 1.82) is 0 Å². The van der Waals surface area contributed by atoms with Crippen molar-refractivity contribution in [1.82, 2.24) is 14.9 Å². The van der Waals surface area contributed by atoms with Gasteiger partial charge in [-0.05, 0) is 62.9 Å². The lowest BCUT2D eigenvalue weighted by molar-refractivity contribution is -0.120. The average Bonchev–Trinajstić information content (AvgIpc) is 2.85. The van der Waals surface area contributed by atoms with Gasteiger partial charge in [-0.25, -0.2) is 4.98 Å². The molecule has 0 atom stereocenters. The minimum atomic E-state index is -0.0757. The Bertz CT molecular complexity index is 1250. The van der Waals surface area contributed by atoms with Gasteiger partial charge in [-0.2, -0.15) is 4.98 Å². The lowest BCUT2D eigenvalue weighted by Gasteiger charge is -2.35. The molecule has 1 amide bonds. The zero-order valence-electron chi connectivity index (χ0n) is 20.6. The first-order valence-electron chi connectivity index (χ1n) is 11.8. The molecule has 2 aliphatic rings. The smallest absolute Gasteiger partial charge is 0.264 e. The molecule has 9 nitrogen and oxygen atoms in total. The fourth-order valence-electron chi connectivity index (χ4n) is 4.38. The van der Waals surface area contributed by atoms with Crippen LogP contribution in [0, 0.1) is 13.8 Å². The number of carbonyl (C=O) groups is 1. The van der Waals surface area contributed by atoms with Crippen molar-refractivity contribution in [3.8, 4) is 5.75 Å². The van der Waals surface area contributed by atoms with Crippen LogP contribution in [0.2, 0.25) is 0 Å². The molecule has 0 spiro atoms. The van der Waals surface area contributed by atoms with Crippen LogP contribution >= 0.6 is 0 Å². The third-order valence-corrected chi connectivity index (χ3v) is 6.58. The normalized spacial score (nSPS) is 16.1. The van der Waals surface area contributed by atoms with Crippen molar-refractivity contribution in [2.24, 2.45) is 0 Å². The molecule has 2 aromatic carbocycles. The molecule has 1 fully saturated rings. The maximum Gasteiger partial charge on any atom is 0.264 e. The molecular formula is C26H31N7O2. The number of rotatable bonds is 5. The number of benzene rings is 2. The minimum absolute atomic E-state index is 0.0617. The van der Waals surface area contributed by atoms with Crippen LogP contribution in [0.1, 0.15) is 11.1 Å². The average molecular weight is 474 g/mol. The third kappa shape index (κ3) is 4.85. The summed E-state index contributed by atoms with van der Waals surface area (Å²) < 4.78 is 5.52. The first kappa shape index (κ1) is 22.9. The number of amides is 1. The first-order valence-corrected chi connectivity index (χ1v) is 11.8. The summed E-state index contributed by atoms with van der Waals surface area (Å²) in [6.45, 7) is 8.40. The predicted molar refractivity (Wildman–Crippen MR) is 140 cm³/mol. The van der Waals surface area contributed by atoms with Gasteiger partial charge in [-0.3, -0.25) is 4.79 Å². The summed E-state index contributed by atoms with van der Waals surface area (Å²) in [6.07, 6.45) is 1.79. The van der Waals surface area contributed by atoms with E-state index in [0.717, 1.165) is 48.8 Å². The highest BCUT2D eigenvalue weighted by molar-refractivity contribution is 5.98. The van der Waals surface area contributed by atoms with Gasteiger partial charge in [0.25, 0.3) is 5.91 Å². The molecule has 0 unspecified atom stereocenters. The third-order valence-electron chi connectivity index (χ3n) is 6.58. The molecule has 0 bridgehead atoms. The molecule has 2 aliphatic heterocycles. The summed E-state index contributed by atoms with van der Waals surface area (Å²) in [5.74, 6) is 1.82. The molecule has 1 saturated heterocycles. The highest BCUT2D eigenvalue weighted by Crippen LogP contribution is 2.35. The van der Waals surface area contributed by atoms with E-state index in [1.54, 1.807) is 18.1 Å². The van der Waals surface area contributed by atoms with Gasteiger partial charge in [0.1, 0.15) is 11.6 Å². The minimum Gasteiger partial charge on any atom is -0.482 e. The number of piperazine rings is 1. The number of hydrogen-bond acceptors (Lipinski definition) is 8. The van der Waals surface area contributed by atoms with Crippen molar-refractivity contribution in [2.75, 3.05) is 67.3 Å². The lowest BCUT2D eigenvalue weighted by atomic mass is 10.1. The number of carbonyl (C=O) groups excluding carboxylic acids is 1.